The van der Waals surface area contributed by atoms with E-state index in [1.165, 1.54) is 28.0 Å². The highest BCUT2D eigenvalue weighted by Crippen LogP contribution is 2.39. The van der Waals surface area contributed by atoms with Gasteiger partial charge in [0.1, 0.15) is 16.8 Å². The van der Waals surface area contributed by atoms with Crippen molar-refractivity contribution < 1.29 is 4.74 Å². The van der Waals surface area contributed by atoms with E-state index in [4.69, 9.17) is 4.74 Å². The molecular formula is C22H22N4OS. The highest BCUT2D eigenvalue weighted by molar-refractivity contribution is 7.18. The zero-order valence-electron chi connectivity index (χ0n) is 16.2. The molecule has 6 heteroatoms. The van der Waals surface area contributed by atoms with Gasteiger partial charge < -0.3 is 10.1 Å². The van der Waals surface area contributed by atoms with Gasteiger partial charge in [-0.2, -0.15) is 5.26 Å². The average Bonchev–Trinajstić information content (AvgIpc) is 3.18. The molecule has 28 heavy (non-hydrogen) atoms. The van der Waals surface area contributed by atoms with Gasteiger partial charge in [0.15, 0.2) is 5.01 Å². The number of nitriles is 1. The summed E-state index contributed by atoms with van der Waals surface area (Å²) in [5.41, 5.74) is 6.53. The molecule has 5 nitrogen and oxygen atoms in total. The topological polar surface area (TPSA) is 70.8 Å². The second kappa shape index (κ2) is 7.70. The van der Waals surface area contributed by atoms with Crippen LogP contribution in [0.1, 0.15) is 36.1 Å². The fraction of sp³-hybridized carbons (Fsp3) is 0.318. The Labute approximate surface area is 169 Å². The number of benzene rings is 2. The van der Waals surface area contributed by atoms with Crippen LogP contribution in [-0.2, 0) is 13.0 Å². The van der Waals surface area contributed by atoms with E-state index in [-0.39, 0.29) is 6.10 Å². The van der Waals surface area contributed by atoms with E-state index in [2.05, 4.69) is 40.6 Å². The van der Waals surface area contributed by atoms with Crippen LogP contribution in [0.25, 0.3) is 21.1 Å². The molecule has 2 heterocycles. The Morgan fingerprint density at radius 1 is 1.14 bits per heavy atom. The molecule has 0 atom stereocenters. The normalized spacial score (nSPS) is 13.2. The number of fused-ring (bicyclic) bond motifs is 1. The van der Waals surface area contributed by atoms with Gasteiger partial charge in [-0.3, -0.25) is 0 Å². The van der Waals surface area contributed by atoms with E-state index in [0.29, 0.717) is 11.3 Å². The number of hydrogen-bond acceptors (Lipinski definition) is 6. The first-order valence-corrected chi connectivity index (χ1v) is 10.3. The Morgan fingerprint density at radius 2 is 1.93 bits per heavy atom. The fourth-order valence-electron chi connectivity index (χ4n) is 3.59. The van der Waals surface area contributed by atoms with Gasteiger partial charge in [0.2, 0.25) is 0 Å². The van der Waals surface area contributed by atoms with Gasteiger partial charge in [0, 0.05) is 12.1 Å². The predicted molar refractivity (Wildman–Crippen MR) is 111 cm³/mol. The first kappa shape index (κ1) is 18.6. The molecule has 0 fully saturated rings. The minimum atomic E-state index is -0.0304. The molecule has 0 saturated heterocycles. The number of hydrogen-bond donors (Lipinski definition) is 1. The Hall–Kier alpha value is -2.75. The Bertz CT molecular complexity index is 1060. The number of para-hydroxylation sites is 1. The maximum Gasteiger partial charge on any atom is 0.151 e. The molecule has 1 aliphatic rings. The van der Waals surface area contributed by atoms with Crippen LogP contribution in [-0.4, -0.2) is 22.8 Å². The first-order chi connectivity index (χ1) is 13.6. The maximum absolute atomic E-state index is 9.47. The largest absolute Gasteiger partial charge is 0.489 e. The summed E-state index contributed by atoms with van der Waals surface area (Å²) in [6.07, 6.45) is 1.01. The Balaban J connectivity index is 1.77. The van der Waals surface area contributed by atoms with Crippen molar-refractivity contribution in [3.05, 3.63) is 52.6 Å². The molecule has 2 aromatic carbocycles. The van der Waals surface area contributed by atoms with E-state index < -0.39 is 0 Å². The van der Waals surface area contributed by atoms with Crippen LogP contribution < -0.4 is 10.1 Å². The van der Waals surface area contributed by atoms with Crippen molar-refractivity contribution in [1.82, 2.24) is 15.5 Å². The molecular weight excluding hydrogens is 368 g/mol. The second-order valence-corrected chi connectivity index (χ2v) is 8.15. The van der Waals surface area contributed by atoms with Crippen LogP contribution in [0.3, 0.4) is 0 Å². The van der Waals surface area contributed by atoms with E-state index in [1.54, 1.807) is 6.07 Å². The van der Waals surface area contributed by atoms with E-state index in [1.807, 2.05) is 26.0 Å². The van der Waals surface area contributed by atoms with E-state index >= 15 is 0 Å². The molecule has 1 aromatic heterocycles. The molecule has 1 N–H and O–H groups in total. The van der Waals surface area contributed by atoms with Crippen LogP contribution in [0.15, 0.2) is 30.3 Å². The average molecular weight is 391 g/mol. The van der Waals surface area contributed by atoms with E-state index in [0.717, 1.165) is 40.7 Å². The van der Waals surface area contributed by atoms with Crippen LogP contribution in [0, 0.1) is 18.3 Å². The number of nitrogens with one attached hydrogen (secondary N) is 1. The van der Waals surface area contributed by atoms with Crippen molar-refractivity contribution in [2.24, 2.45) is 0 Å². The molecule has 0 aliphatic carbocycles. The minimum Gasteiger partial charge on any atom is -0.489 e. The summed E-state index contributed by atoms with van der Waals surface area (Å²) in [6, 6.07) is 12.1. The van der Waals surface area contributed by atoms with E-state index in [9.17, 15) is 5.26 Å². The SMILES string of the molecule is Cc1c(-c2nnc(-c3cccc(C#N)c3OC(C)C)s2)ccc2c1CCNC2. The lowest BCUT2D eigenvalue weighted by Gasteiger charge is -2.20. The highest BCUT2D eigenvalue weighted by atomic mass is 32.1. The monoisotopic (exact) mass is 390 g/mol. The number of ether oxygens (including phenoxy) is 1. The predicted octanol–water partition coefficient (Wildman–Crippen LogP) is 4.49. The minimum absolute atomic E-state index is 0.0304. The molecule has 0 unspecified atom stereocenters. The maximum atomic E-state index is 9.47. The third kappa shape index (κ3) is 3.39. The fourth-order valence-corrected chi connectivity index (χ4v) is 4.54. The van der Waals surface area contributed by atoms with Crippen molar-refractivity contribution in [1.29, 1.82) is 5.26 Å². The summed E-state index contributed by atoms with van der Waals surface area (Å²) in [4.78, 5) is 0. The zero-order valence-corrected chi connectivity index (χ0v) is 17.1. The van der Waals surface area contributed by atoms with Crippen LogP contribution in [0.4, 0.5) is 0 Å². The molecule has 0 bridgehead atoms. The molecule has 0 amide bonds. The lowest BCUT2D eigenvalue weighted by molar-refractivity contribution is 0.243. The summed E-state index contributed by atoms with van der Waals surface area (Å²) in [6.45, 7) is 8.01. The molecule has 0 saturated carbocycles. The third-order valence-electron chi connectivity index (χ3n) is 4.94. The number of rotatable bonds is 4. The summed E-state index contributed by atoms with van der Waals surface area (Å²) in [5, 5.41) is 23.4. The number of nitrogens with zero attached hydrogens (tertiary/aromatic N) is 3. The van der Waals surface area contributed by atoms with Crippen molar-refractivity contribution in [3.8, 4) is 33.0 Å². The van der Waals surface area contributed by atoms with Gasteiger partial charge in [-0.25, -0.2) is 0 Å². The summed E-state index contributed by atoms with van der Waals surface area (Å²) < 4.78 is 5.94. The van der Waals surface area contributed by atoms with Crippen molar-refractivity contribution in [2.75, 3.05) is 6.54 Å². The molecule has 4 rings (SSSR count). The smallest absolute Gasteiger partial charge is 0.151 e. The molecule has 0 spiro atoms. The summed E-state index contributed by atoms with van der Waals surface area (Å²) in [7, 11) is 0. The van der Waals surface area contributed by atoms with Crippen molar-refractivity contribution in [2.45, 2.75) is 39.8 Å². The third-order valence-corrected chi connectivity index (χ3v) is 5.93. The molecule has 142 valence electrons. The number of aromatic nitrogens is 2. The van der Waals surface area contributed by atoms with Gasteiger partial charge in [0.05, 0.1) is 17.2 Å². The second-order valence-electron chi connectivity index (χ2n) is 7.18. The Morgan fingerprint density at radius 3 is 2.68 bits per heavy atom. The quantitative estimate of drug-likeness (QED) is 0.711. The van der Waals surface area contributed by atoms with Gasteiger partial charge >= 0.3 is 0 Å². The summed E-state index contributed by atoms with van der Waals surface area (Å²) >= 11 is 1.54. The van der Waals surface area contributed by atoms with Crippen molar-refractivity contribution >= 4 is 11.3 Å². The molecule has 3 aromatic rings. The Kier molecular flexibility index (Phi) is 5.12. The molecule has 0 radical (unpaired) electrons. The zero-order chi connectivity index (χ0) is 19.7. The van der Waals surface area contributed by atoms with Crippen LogP contribution in [0.5, 0.6) is 5.75 Å². The van der Waals surface area contributed by atoms with Crippen molar-refractivity contribution in [3.63, 3.8) is 0 Å². The highest BCUT2D eigenvalue weighted by Gasteiger charge is 2.20. The van der Waals surface area contributed by atoms with Crippen LogP contribution >= 0.6 is 11.3 Å². The molecule has 1 aliphatic heterocycles. The van der Waals surface area contributed by atoms with Gasteiger partial charge in [0.25, 0.3) is 0 Å². The van der Waals surface area contributed by atoms with Gasteiger partial charge in [-0.15, -0.1) is 10.2 Å². The standard InChI is InChI=1S/C22H22N4OS/c1-13(2)27-20-15(11-23)5-4-6-19(20)22-26-25-21(28-22)18-8-7-16-12-24-10-9-17(16)14(18)3/h4-8,13,24H,9-10,12H2,1-3H3. The van der Waals surface area contributed by atoms with Gasteiger partial charge in [-0.1, -0.05) is 29.5 Å². The first-order valence-electron chi connectivity index (χ1n) is 9.44. The lowest BCUT2D eigenvalue weighted by atomic mass is 9.93. The lowest BCUT2D eigenvalue weighted by Crippen LogP contribution is -2.24. The van der Waals surface area contributed by atoms with Crippen LogP contribution in [0.2, 0.25) is 0 Å². The summed E-state index contributed by atoms with van der Waals surface area (Å²) in [5.74, 6) is 0.580. The van der Waals surface area contributed by atoms with Gasteiger partial charge in [-0.05, 0) is 62.6 Å².